The standard InChI is InChI=1S/C15H18FNO4/c1-15(2,3)21-14(20)17-11-7-5-8-10(16)6-4-9(12(8)11)13(18)19/h4,6,11H,5,7H2,1-3H3,(H,17,20)(H,18,19)/t11-/m0/s1. The highest BCUT2D eigenvalue weighted by Gasteiger charge is 2.32. The smallest absolute Gasteiger partial charge is 0.408 e. The Labute approximate surface area is 122 Å². The molecule has 114 valence electrons. The molecule has 0 saturated carbocycles. The van der Waals surface area contributed by atoms with Crippen LogP contribution < -0.4 is 5.32 Å². The SMILES string of the molecule is CC(C)(C)OC(=O)N[C@H]1CCc2c(F)ccc(C(=O)O)c21. The molecule has 0 heterocycles. The van der Waals surface area contributed by atoms with E-state index in [1.54, 1.807) is 20.8 Å². The van der Waals surface area contributed by atoms with Crippen LogP contribution >= 0.6 is 0 Å². The average Bonchev–Trinajstić information content (AvgIpc) is 2.71. The highest BCUT2D eigenvalue weighted by molar-refractivity contribution is 5.90. The maximum absolute atomic E-state index is 13.8. The monoisotopic (exact) mass is 295 g/mol. The lowest BCUT2D eigenvalue weighted by Crippen LogP contribution is -2.34. The lowest BCUT2D eigenvalue weighted by atomic mass is 10.0. The first-order valence-corrected chi connectivity index (χ1v) is 6.73. The van der Waals surface area contributed by atoms with Crippen LogP contribution in [-0.2, 0) is 11.2 Å². The number of amides is 1. The first-order chi connectivity index (χ1) is 9.69. The van der Waals surface area contributed by atoms with Crippen LogP contribution in [0.1, 0.15) is 54.7 Å². The van der Waals surface area contributed by atoms with E-state index in [4.69, 9.17) is 4.74 Å². The summed E-state index contributed by atoms with van der Waals surface area (Å²) >= 11 is 0. The van der Waals surface area contributed by atoms with Crippen LogP contribution in [0.25, 0.3) is 0 Å². The molecule has 0 aromatic heterocycles. The highest BCUT2D eigenvalue weighted by Crippen LogP contribution is 2.35. The van der Waals surface area contributed by atoms with Crippen LogP contribution in [0.5, 0.6) is 0 Å². The Balaban J connectivity index is 2.27. The minimum Gasteiger partial charge on any atom is -0.478 e. The molecule has 0 unspecified atom stereocenters. The van der Waals surface area contributed by atoms with Gasteiger partial charge in [-0.05, 0) is 56.9 Å². The van der Waals surface area contributed by atoms with Gasteiger partial charge in [-0.25, -0.2) is 14.0 Å². The van der Waals surface area contributed by atoms with E-state index in [9.17, 15) is 19.1 Å². The number of rotatable bonds is 2. The molecule has 0 aliphatic heterocycles. The summed E-state index contributed by atoms with van der Waals surface area (Å²) in [5.41, 5.74) is 0.0672. The summed E-state index contributed by atoms with van der Waals surface area (Å²) in [6, 6.07) is 1.83. The van der Waals surface area contributed by atoms with Crippen molar-refractivity contribution in [3.63, 3.8) is 0 Å². The van der Waals surface area contributed by atoms with Gasteiger partial charge in [-0.1, -0.05) is 0 Å². The first-order valence-electron chi connectivity index (χ1n) is 6.73. The summed E-state index contributed by atoms with van der Waals surface area (Å²) in [6.07, 6.45) is 0.208. The molecule has 1 aliphatic carbocycles. The number of hydrogen-bond acceptors (Lipinski definition) is 3. The fraction of sp³-hybridized carbons (Fsp3) is 0.467. The molecule has 1 aromatic rings. The molecular formula is C15H18FNO4. The molecule has 0 saturated heterocycles. The van der Waals surface area contributed by atoms with E-state index >= 15 is 0 Å². The third kappa shape index (κ3) is 3.32. The molecule has 1 aliphatic rings. The number of carbonyl (C=O) groups is 2. The van der Waals surface area contributed by atoms with Crippen molar-refractivity contribution in [2.45, 2.75) is 45.3 Å². The normalized spacial score (nSPS) is 17.2. The summed E-state index contributed by atoms with van der Waals surface area (Å²) in [5.74, 6) is -1.58. The largest absolute Gasteiger partial charge is 0.478 e. The second kappa shape index (κ2) is 5.35. The number of nitrogens with one attached hydrogen (secondary N) is 1. The van der Waals surface area contributed by atoms with E-state index in [1.165, 1.54) is 6.07 Å². The van der Waals surface area contributed by atoms with Gasteiger partial charge in [0, 0.05) is 0 Å². The minimum atomic E-state index is -1.14. The van der Waals surface area contributed by atoms with E-state index in [0.29, 0.717) is 24.0 Å². The Morgan fingerprint density at radius 3 is 2.62 bits per heavy atom. The summed E-state index contributed by atoms with van der Waals surface area (Å²) in [5, 5.41) is 11.8. The number of fused-ring (bicyclic) bond motifs is 1. The average molecular weight is 295 g/mol. The number of carbonyl (C=O) groups excluding carboxylic acids is 1. The van der Waals surface area contributed by atoms with E-state index in [1.807, 2.05) is 0 Å². The van der Waals surface area contributed by atoms with Crippen LogP contribution in [0.2, 0.25) is 0 Å². The number of carboxylic acids is 1. The third-order valence-corrected chi connectivity index (χ3v) is 3.25. The lowest BCUT2D eigenvalue weighted by molar-refractivity contribution is 0.0500. The van der Waals surface area contributed by atoms with Crippen molar-refractivity contribution in [1.29, 1.82) is 0 Å². The Morgan fingerprint density at radius 1 is 1.38 bits per heavy atom. The van der Waals surface area contributed by atoms with Gasteiger partial charge in [0.2, 0.25) is 0 Å². The molecule has 0 bridgehead atoms. The van der Waals surface area contributed by atoms with E-state index in [-0.39, 0.29) is 5.56 Å². The van der Waals surface area contributed by atoms with Crippen molar-refractivity contribution in [2.24, 2.45) is 0 Å². The first kappa shape index (κ1) is 15.3. The van der Waals surface area contributed by atoms with Crippen molar-refractivity contribution >= 4 is 12.1 Å². The van der Waals surface area contributed by atoms with Crippen molar-refractivity contribution in [1.82, 2.24) is 5.32 Å². The molecular weight excluding hydrogens is 277 g/mol. The van der Waals surface area contributed by atoms with Gasteiger partial charge >= 0.3 is 12.1 Å². The molecule has 21 heavy (non-hydrogen) atoms. The molecule has 1 atom stereocenters. The van der Waals surface area contributed by atoms with Crippen LogP contribution in [-0.4, -0.2) is 22.8 Å². The van der Waals surface area contributed by atoms with Crippen LogP contribution in [0.15, 0.2) is 12.1 Å². The van der Waals surface area contributed by atoms with Gasteiger partial charge in [-0.2, -0.15) is 0 Å². The minimum absolute atomic E-state index is 0.0185. The lowest BCUT2D eigenvalue weighted by Gasteiger charge is -2.22. The second-order valence-corrected chi connectivity index (χ2v) is 6.03. The van der Waals surface area contributed by atoms with Gasteiger partial charge in [0.15, 0.2) is 0 Å². The zero-order chi connectivity index (χ0) is 15.8. The molecule has 2 N–H and O–H groups in total. The Bertz CT molecular complexity index is 592. The quantitative estimate of drug-likeness (QED) is 0.879. The van der Waals surface area contributed by atoms with Gasteiger partial charge in [0.1, 0.15) is 11.4 Å². The van der Waals surface area contributed by atoms with Gasteiger partial charge in [-0.15, -0.1) is 0 Å². The number of alkyl carbamates (subject to hydrolysis) is 1. The fourth-order valence-electron chi connectivity index (χ4n) is 2.50. The predicted octanol–water partition coefficient (Wildman–Crippen LogP) is 3.04. The molecule has 1 aromatic carbocycles. The van der Waals surface area contributed by atoms with Crippen molar-refractivity contribution in [2.75, 3.05) is 0 Å². The molecule has 5 nitrogen and oxygen atoms in total. The summed E-state index contributed by atoms with van der Waals surface area (Å²) in [7, 11) is 0. The third-order valence-electron chi connectivity index (χ3n) is 3.25. The van der Waals surface area contributed by atoms with Gasteiger partial charge in [-0.3, -0.25) is 0 Å². The summed E-state index contributed by atoms with van der Waals surface area (Å²) in [6.45, 7) is 5.20. The zero-order valence-corrected chi connectivity index (χ0v) is 12.2. The summed E-state index contributed by atoms with van der Waals surface area (Å²) < 4.78 is 18.9. The van der Waals surface area contributed by atoms with Crippen LogP contribution in [0.3, 0.4) is 0 Å². The number of aromatic carboxylic acids is 1. The Morgan fingerprint density at radius 2 is 2.05 bits per heavy atom. The number of halogens is 1. The molecule has 2 rings (SSSR count). The molecule has 1 amide bonds. The Hall–Kier alpha value is -2.11. The van der Waals surface area contributed by atoms with E-state index in [0.717, 1.165) is 6.07 Å². The van der Waals surface area contributed by atoms with Crippen molar-refractivity contribution in [3.8, 4) is 0 Å². The molecule has 0 radical (unpaired) electrons. The number of ether oxygens (including phenoxy) is 1. The predicted molar refractivity (Wildman–Crippen MR) is 73.8 cm³/mol. The summed E-state index contributed by atoms with van der Waals surface area (Å²) in [4.78, 5) is 23.1. The highest BCUT2D eigenvalue weighted by atomic mass is 19.1. The van der Waals surface area contributed by atoms with Gasteiger partial charge in [0.25, 0.3) is 0 Å². The maximum atomic E-state index is 13.8. The second-order valence-electron chi connectivity index (χ2n) is 6.03. The number of hydrogen-bond donors (Lipinski definition) is 2. The molecule has 0 fully saturated rings. The Kier molecular flexibility index (Phi) is 3.89. The molecule has 0 spiro atoms. The van der Waals surface area contributed by atoms with Crippen LogP contribution in [0, 0.1) is 5.82 Å². The number of carboxylic acid groups (broad SMARTS) is 1. The maximum Gasteiger partial charge on any atom is 0.408 e. The van der Waals surface area contributed by atoms with Crippen molar-refractivity contribution < 1.29 is 23.8 Å². The van der Waals surface area contributed by atoms with E-state index in [2.05, 4.69) is 5.32 Å². The topological polar surface area (TPSA) is 75.6 Å². The fourth-order valence-corrected chi connectivity index (χ4v) is 2.50. The van der Waals surface area contributed by atoms with Crippen molar-refractivity contribution in [3.05, 3.63) is 34.6 Å². The zero-order valence-electron chi connectivity index (χ0n) is 12.2. The molecule has 6 heteroatoms. The van der Waals surface area contributed by atoms with Gasteiger partial charge < -0.3 is 15.2 Å². The van der Waals surface area contributed by atoms with E-state index < -0.39 is 29.5 Å². The number of benzene rings is 1. The van der Waals surface area contributed by atoms with Gasteiger partial charge in [0.05, 0.1) is 11.6 Å². The van der Waals surface area contributed by atoms with Crippen LogP contribution in [0.4, 0.5) is 9.18 Å².